The van der Waals surface area contributed by atoms with Gasteiger partial charge in [0.05, 0.1) is 12.2 Å². The molecule has 0 saturated carbocycles. The van der Waals surface area contributed by atoms with Gasteiger partial charge in [-0.1, -0.05) is 20.3 Å². The average Bonchev–Trinajstić information content (AvgIpc) is 2.33. The van der Waals surface area contributed by atoms with Gasteiger partial charge in [-0.25, -0.2) is 9.59 Å². The Kier molecular flexibility index (Phi) is 5.60. The Bertz CT molecular complexity index is 325. The number of aliphatic carboxylic acids is 1. The van der Waals surface area contributed by atoms with Gasteiger partial charge in [-0.2, -0.15) is 0 Å². The maximum Gasteiger partial charge on any atom is 0.326 e. The number of carboxylic acids is 1. The van der Waals surface area contributed by atoms with Crippen LogP contribution in [0.15, 0.2) is 0 Å². The van der Waals surface area contributed by atoms with Crippen LogP contribution in [0.25, 0.3) is 0 Å². The number of hydrogen-bond acceptors (Lipinski definition) is 3. The summed E-state index contributed by atoms with van der Waals surface area (Å²) in [5.41, 5.74) is 0. The monoisotopic (exact) mass is 272 g/mol. The van der Waals surface area contributed by atoms with Crippen molar-refractivity contribution in [3.05, 3.63) is 0 Å². The highest BCUT2D eigenvalue weighted by molar-refractivity contribution is 5.82. The molecule has 1 rings (SSSR count). The van der Waals surface area contributed by atoms with E-state index in [9.17, 15) is 9.59 Å². The molecule has 0 aromatic rings. The summed E-state index contributed by atoms with van der Waals surface area (Å²) in [5.74, 6) is -1.09. The Morgan fingerprint density at radius 3 is 2.32 bits per heavy atom. The third kappa shape index (κ3) is 4.38. The van der Waals surface area contributed by atoms with Crippen molar-refractivity contribution in [1.82, 2.24) is 10.2 Å². The molecule has 1 aliphatic heterocycles. The van der Waals surface area contributed by atoms with E-state index < -0.39 is 12.0 Å². The maximum atomic E-state index is 12.1. The Hall–Kier alpha value is -1.30. The van der Waals surface area contributed by atoms with Crippen LogP contribution in [-0.2, 0) is 9.53 Å². The summed E-state index contributed by atoms with van der Waals surface area (Å²) < 4.78 is 5.55. The summed E-state index contributed by atoms with van der Waals surface area (Å²) >= 11 is 0. The van der Waals surface area contributed by atoms with Gasteiger partial charge in [0.2, 0.25) is 0 Å². The average molecular weight is 272 g/mol. The summed E-state index contributed by atoms with van der Waals surface area (Å²) in [5, 5.41) is 11.8. The molecule has 0 aromatic heterocycles. The first-order valence-electron chi connectivity index (χ1n) is 6.78. The van der Waals surface area contributed by atoms with Crippen LogP contribution in [0.1, 0.15) is 34.1 Å². The van der Waals surface area contributed by atoms with E-state index in [0.29, 0.717) is 19.5 Å². The zero-order chi connectivity index (χ0) is 14.6. The van der Waals surface area contributed by atoms with Gasteiger partial charge in [0.25, 0.3) is 0 Å². The van der Waals surface area contributed by atoms with E-state index in [1.54, 1.807) is 4.90 Å². The van der Waals surface area contributed by atoms with Crippen LogP contribution in [0.2, 0.25) is 0 Å². The van der Waals surface area contributed by atoms with Gasteiger partial charge in [-0.3, -0.25) is 0 Å². The van der Waals surface area contributed by atoms with Gasteiger partial charge < -0.3 is 20.1 Å². The van der Waals surface area contributed by atoms with Crippen LogP contribution in [0.5, 0.6) is 0 Å². The number of hydrogen-bond donors (Lipinski definition) is 2. The Labute approximate surface area is 114 Å². The van der Waals surface area contributed by atoms with Crippen LogP contribution in [-0.4, -0.2) is 53.3 Å². The van der Waals surface area contributed by atoms with Crippen molar-refractivity contribution in [3.8, 4) is 0 Å². The van der Waals surface area contributed by atoms with Gasteiger partial charge in [-0.05, 0) is 19.8 Å². The van der Waals surface area contributed by atoms with Gasteiger partial charge >= 0.3 is 12.0 Å². The number of urea groups is 1. The fourth-order valence-corrected chi connectivity index (χ4v) is 2.25. The van der Waals surface area contributed by atoms with Crippen LogP contribution in [0, 0.1) is 5.92 Å². The molecule has 4 atom stereocenters. The first-order valence-corrected chi connectivity index (χ1v) is 6.78. The standard InChI is InChI=1S/C13H24N2O4/c1-5-8(2)11(12(16)17)14-13(18)15-6-9(3)19-10(4)7-15/h8-11H,5-7H2,1-4H3,(H,14,18)(H,16,17)/t8?,9?,10?,11-/m0/s1. The number of morpholine rings is 1. The minimum Gasteiger partial charge on any atom is -0.480 e. The second-order valence-corrected chi connectivity index (χ2v) is 5.31. The fourth-order valence-electron chi connectivity index (χ4n) is 2.25. The summed E-state index contributed by atoms with van der Waals surface area (Å²) in [6.45, 7) is 8.51. The summed E-state index contributed by atoms with van der Waals surface area (Å²) in [7, 11) is 0. The van der Waals surface area contributed by atoms with Crippen molar-refractivity contribution in [2.45, 2.75) is 52.4 Å². The summed E-state index contributed by atoms with van der Waals surface area (Å²) in [6.07, 6.45) is 0.649. The van der Waals surface area contributed by atoms with E-state index in [2.05, 4.69) is 5.32 Å². The van der Waals surface area contributed by atoms with E-state index in [1.807, 2.05) is 27.7 Å². The zero-order valence-corrected chi connectivity index (χ0v) is 12.0. The number of carbonyl (C=O) groups is 2. The van der Waals surface area contributed by atoms with E-state index in [0.717, 1.165) is 0 Å². The third-order valence-electron chi connectivity index (χ3n) is 3.46. The van der Waals surface area contributed by atoms with Crippen molar-refractivity contribution >= 4 is 12.0 Å². The molecule has 19 heavy (non-hydrogen) atoms. The molecule has 2 amide bonds. The molecule has 3 unspecified atom stereocenters. The zero-order valence-electron chi connectivity index (χ0n) is 12.0. The second kappa shape index (κ2) is 6.75. The minimum atomic E-state index is -0.989. The third-order valence-corrected chi connectivity index (χ3v) is 3.46. The lowest BCUT2D eigenvalue weighted by Crippen LogP contribution is -2.55. The summed E-state index contributed by atoms with van der Waals surface area (Å²) in [4.78, 5) is 24.9. The van der Waals surface area contributed by atoms with Crippen LogP contribution >= 0.6 is 0 Å². The molecule has 1 fully saturated rings. The first kappa shape index (κ1) is 15.8. The Balaban J connectivity index is 2.63. The van der Waals surface area contributed by atoms with E-state index in [4.69, 9.17) is 9.84 Å². The molecular formula is C13H24N2O4. The highest BCUT2D eigenvalue weighted by Gasteiger charge is 2.30. The van der Waals surface area contributed by atoms with Gasteiger partial charge in [0.15, 0.2) is 0 Å². The number of ether oxygens (including phenoxy) is 1. The minimum absolute atomic E-state index is 0.0265. The summed E-state index contributed by atoms with van der Waals surface area (Å²) in [6, 6.07) is -1.17. The Morgan fingerprint density at radius 1 is 1.37 bits per heavy atom. The number of carboxylic acid groups (broad SMARTS) is 1. The molecule has 110 valence electrons. The molecule has 0 aromatic carbocycles. The lowest BCUT2D eigenvalue weighted by Gasteiger charge is -2.36. The van der Waals surface area contributed by atoms with E-state index in [1.165, 1.54) is 0 Å². The predicted molar refractivity (Wildman–Crippen MR) is 71.0 cm³/mol. The van der Waals surface area contributed by atoms with Crippen LogP contribution < -0.4 is 5.32 Å². The van der Waals surface area contributed by atoms with Gasteiger partial charge in [0.1, 0.15) is 6.04 Å². The molecule has 0 spiro atoms. The van der Waals surface area contributed by atoms with Gasteiger partial charge in [0, 0.05) is 13.1 Å². The maximum absolute atomic E-state index is 12.1. The SMILES string of the molecule is CCC(C)[C@H](NC(=O)N1CC(C)OC(C)C1)C(=O)O. The quantitative estimate of drug-likeness (QED) is 0.808. The highest BCUT2D eigenvalue weighted by Crippen LogP contribution is 2.13. The highest BCUT2D eigenvalue weighted by atomic mass is 16.5. The van der Waals surface area contributed by atoms with Crippen LogP contribution in [0.3, 0.4) is 0 Å². The topological polar surface area (TPSA) is 78.9 Å². The molecular weight excluding hydrogens is 248 g/mol. The molecule has 0 bridgehead atoms. The molecule has 1 heterocycles. The molecule has 6 heteroatoms. The number of nitrogens with one attached hydrogen (secondary N) is 1. The van der Waals surface area contributed by atoms with Crippen molar-refractivity contribution < 1.29 is 19.4 Å². The number of rotatable bonds is 4. The second-order valence-electron chi connectivity index (χ2n) is 5.31. The van der Waals surface area contributed by atoms with Crippen LogP contribution in [0.4, 0.5) is 4.79 Å². The molecule has 2 N–H and O–H groups in total. The molecule has 1 aliphatic rings. The normalized spacial score (nSPS) is 26.6. The number of nitrogens with zero attached hydrogens (tertiary/aromatic N) is 1. The molecule has 0 aliphatic carbocycles. The number of carbonyl (C=O) groups excluding carboxylic acids is 1. The Morgan fingerprint density at radius 2 is 1.89 bits per heavy atom. The first-order chi connectivity index (χ1) is 8.85. The number of amides is 2. The molecule has 1 saturated heterocycles. The smallest absolute Gasteiger partial charge is 0.326 e. The fraction of sp³-hybridized carbons (Fsp3) is 0.846. The lowest BCUT2D eigenvalue weighted by molar-refractivity contribution is -0.140. The van der Waals surface area contributed by atoms with Crippen molar-refractivity contribution in [2.75, 3.05) is 13.1 Å². The van der Waals surface area contributed by atoms with Crippen molar-refractivity contribution in [3.63, 3.8) is 0 Å². The molecule has 0 radical (unpaired) electrons. The van der Waals surface area contributed by atoms with E-state index in [-0.39, 0.29) is 24.2 Å². The van der Waals surface area contributed by atoms with E-state index >= 15 is 0 Å². The lowest BCUT2D eigenvalue weighted by atomic mass is 9.99. The largest absolute Gasteiger partial charge is 0.480 e. The van der Waals surface area contributed by atoms with Crippen molar-refractivity contribution in [2.24, 2.45) is 5.92 Å². The van der Waals surface area contributed by atoms with Crippen molar-refractivity contribution in [1.29, 1.82) is 0 Å². The molecule has 6 nitrogen and oxygen atoms in total. The predicted octanol–water partition coefficient (Wildman–Crippen LogP) is 1.30. The van der Waals surface area contributed by atoms with Gasteiger partial charge in [-0.15, -0.1) is 0 Å².